The molecule has 0 aromatic heterocycles. The first-order chi connectivity index (χ1) is 12.5. The van der Waals surface area contributed by atoms with Crippen LogP contribution in [0.5, 0.6) is 0 Å². The minimum Gasteiger partial charge on any atom is -0.547 e. The SMILES string of the molecule is CC(O)(O)C(=O)[O-].CC(O)(O)C(=O)[O][Al]([O]C(=O)C(C)(O)O)[O]C(=O)C(C)(O)O.[Na+]. The predicted molar refractivity (Wildman–Crippen MR) is 80.4 cm³/mol. The maximum Gasteiger partial charge on any atom is 1.20 e. The summed E-state index contributed by atoms with van der Waals surface area (Å²) in [6.07, 6.45) is 0. The Morgan fingerprint density at radius 3 is 0.867 bits per heavy atom. The van der Waals surface area contributed by atoms with E-state index in [1.165, 1.54) is 0 Å². The Bertz CT molecular complexity index is 541. The third-order valence-electron chi connectivity index (χ3n) is 2.16. The second kappa shape index (κ2) is 12.2. The molecule has 0 aromatic carbocycles. The quantitative estimate of drug-likeness (QED) is 0.127. The summed E-state index contributed by atoms with van der Waals surface area (Å²) in [5.41, 5.74) is 0. The standard InChI is InChI=1S/4C3H6O4.Al.Na/c4*1-3(6,7)2(4)5;;/h4*6-7H,1H3,(H,4,5);;/q;;;;+3;+1/p-4. The molecule has 0 amide bonds. The van der Waals surface area contributed by atoms with Crippen LogP contribution in [0.1, 0.15) is 27.7 Å². The van der Waals surface area contributed by atoms with E-state index >= 15 is 0 Å². The summed E-state index contributed by atoms with van der Waals surface area (Å²) < 4.78 is 12.6. The third kappa shape index (κ3) is 15.0. The zero-order valence-electron chi connectivity index (χ0n) is 16.4. The molecule has 30 heavy (non-hydrogen) atoms. The molecule has 0 aromatic rings. The zero-order valence-corrected chi connectivity index (χ0v) is 19.6. The molecule has 0 heterocycles. The molecule has 18 heteroatoms. The van der Waals surface area contributed by atoms with Crippen LogP contribution in [0.4, 0.5) is 0 Å². The minimum atomic E-state index is -4.22. The fourth-order valence-electron chi connectivity index (χ4n) is 0.669. The molecule has 0 atom stereocenters. The fourth-order valence-corrected chi connectivity index (χ4v) is 2.01. The van der Waals surface area contributed by atoms with Crippen molar-refractivity contribution in [1.29, 1.82) is 0 Å². The van der Waals surface area contributed by atoms with Gasteiger partial charge in [0.25, 0.3) is 17.4 Å². The average Bonchev–Trinajstić information content (AvgIpc) is 2.43. The topological polar surface area (TPSA) is 281 Å². The van der Waals surface area contributed by atoms with Gasteiger partial charge in [-0.2, -0.15) is 0 Å². The monoisotopic (exact) mass is 470 g/mol. The van der Waals surface area contributed by atoms with Crippen molar-refractivity contribution in [3.63, 3.8) is 0 Å². The first kappa shape index (κ1) is 33.7. The molecule has 0 aliphatic carbocycles. The van der Waals surface area contributed by atoms with E-state index in [2.05, 4.69) is 11.4 Å². The van der Waals surface area contributed by atoms with Gasteiger partial charge in [0.1, 0.15) is 0 Å². The van der Waals surface area contributed by atoms with E-state index < -0.39 is 62.2 Å². The van der Waals surface area contributed by atoms with Crippen LogP contribution in [-0.4, -0.2) is 103 Å². The molecule has 0 saturated carbocycles. The van der Waals surface area contributed by atoms with Crippen molar-refractivity contribution in [2.75, 3.05) is 0 Å². The number of aliphatic hydroxyl groups is 8. The summed E-state index contributed by atoms with van der Waals surface area (Å²) in [6.45, 7) is 2.45. The van der Waals surface area contributed by atoms with E-state index in [1.807, 2.05) is 0 Å². The number of hydrogen-bond donors (Lipinski definition) is 8. The molecule has 8 N–H and O–H groups in total. The molecule has 0 saturated heterocycles. The van der Waals surface area contributed by atoms with Crippen LogP contribution in [0.2, 0.25) is 0 Å². The second-order valence-corrected chi connectivity index (χ2v) is 7.16. The molecule has 16 nitrogen and oxygen atoms in total. The zero-order chi connectivity index (χ0) is 24.0. The molecule has 0 aliphatic heterocycles. The van der Waals surface area contributed by atoms with Gasteiger partial charge in [-0.3, -0.25) is 0 Å². The van der Waals surface area contributed by atoms with Crippen molar-refractivity contribution >= 4 is 39.0 Å². The molecule has 0 fully saturated rings. The third-order valence-corrected chi connectivity index (χ3v) is 3.38. The van der Waals surface area contributed by atoms with Gasteiger partial charge in [-0.15, -0.1) is 0 Å². The van der Waals surface area contributed by atoms with Gasteiger partial charge >= 0.3 is 62.6 Å². The Balaban J connectivity index is -0.000000779. The smallest absolute Gasteiger partial charge is 0.547 e. The largest absolute Gasteiger partial charge is 1.20 e. The van der Waals surface area contributed by atoms with E-state index in [1.54, 1.807) is 0 Å². The number of aliphatic carboxylic acids is 1. The van der Waals surface area contributed by atoms with Crippen LogP contribution >= 0.6 is 0 Å². The molecule has 0 bridgehead atoms. The van der Waals surface area contributed by atoms with Gasteiger partial charge in [0.15, 0.2) is 0 Å². The van der Waals surface area contributed by atoms with E-state index in [0.717, 1.165) is 0 Å². The van der Waals surface area contributed by atoms with Crippen molar-refractivity contribution in [2.24, 2.45) is 0 Å². The van der Waals surface area contributed by atoms with Gasteiger partial charge in [0.2, 0.25) is 5.79 Å². The summed E-state index contributed by atoms with van der Waals surface area (Å²) in [5.74, 6) is -19.1. The first-order valence-electron chi connectivity index (χ1n) is 7.13. The first-order valence-corrected chi connectivity index (χ1v) is 8.54. The molecule has 0 rings (SSSR count). The number of carboxylic acid groups (broad SMARTS) is 1. The molecular formula is C12H20AlNaO16. The number of carbonyl (C=O) groups is 4. The van der Waals surface area contributed by atoms with Crippen LogP contribution in [0.3, 0.4) is 0 Å². The van der Waals surface area contributed by atoms with Crippen LogP contribution in [0.25, 0.3) is 0 Å². The van der Waals surface area contributed by atoms with Gasteiger partial charge in [-0.1, -0.05) is 0 Å². The van der Waals surface area contributed by atoms with Crippen LogP contribution in [0.15, 0.2) is 0 Å². The number of hydrogen-bond acceptors (Lipinski definition) is 16. The number of rotatable bonds is 7. The summed E-state index contributed by atoms with van der Waals surface area (Å²) in [5, 5.41) is 79.1. The Labute approximate surface area is 195 Å². The molecule has 0 aliphatic rings. The van der Waals surface area contributed by atoms with Crippen LogP contribution in [0, 0.1) is 0 Å². The summed E-state index contributed by atoms with van der Waals surface area (Å²) in [6, 6.07) is 0. The van der Waals surface area contributed by atoms with E-state index in [0.29, 0.717) is 27.7 Å². The van der Waals surface area contributed by atoms with Gasteiger partial charge in [0.05, 0.1) is 5.97 Å². The van der Waals surface area contributed by atoms with E-state index in [9.17, 15) is 24.3 Å². The molecule has 0 radical (unpaired) electrons. The second-order valence-electron chi connectivity index (χ2n) is 5.88. The normalized spacial score (nSPS) is 11.7. The molecular weight excluding hydrogens is 450 g/mol. The maximum absolute atomic E-state index is 11.2. The fraction of sp³-hybridized carbons (Fsp3) is 0.667. The van der Waals surface area contributed by atoms with Crippen molar-refractivity contribution in [3.8, 4) is 0 Å². The Morgan fingerprint density at radius 2 is 0.767 bits per heavy atom. The average molecular weight is 470 g/mol. The van der Waals surface area contributed by atoms with Crippen molar-refractivity contribution in [1.82, 2.24) is 0 Å². The van der Waals surface area contributed by atoms with Gasteiger partial charge in [-0.25, -0.2) is 14.4 Å². The number of carbonyl (C=O) groups excluding carboxylic acids is 4. The summed E-state index contributed by atoms with van der Waals surface area (Å²) >= 11 is -4.22. The van der Waals surface area contributed by atoms with E-state index in [4.69, 9.17) is 40.9 Å². The van der Waals surface area contributed by atoms with Gasteiger partial charge in [0, 0.05) is 20.8 Å². The van der Waals surface area contributed by atoms with Crippen molar-refractivity contribution in [2.45, 2.75) is 50.8 Å². The van der Waals surface area contributed by atoms with Crippen LogP contribution in [-0.2, 0) is 30.5 Å². The Morgan fingerprint density at radius 1 is 0.600 bits per heavy atom. The minimum absolute atomic E-state index is 0. The van der Waals surface area contributed by atoms with Gasteiger partial charge in [-0.05, 0) is 6.92 Å². The predicted octanol–water partition coefficient (Wildman–Crippen LogP) is -9.86. The van der Waals surface area contributed by atoms with Crippen molar-refractivity contribution < 1.29 is 106 Å². The van der Waals surface area contributed by atoms with Gasteiger partial charge < -0.3 is 62.1 Å². The summed E-state index contributed by atoms with van der Waals surface area (Å²) in [4.78, 5) is 43.1. The Kier molecular flexibility index (Phi) is 13.7. The molecule has 0 unspecified atom stereocenters. The molecule has 0 spiro atoms. The van der Waals surface area contributed by atoms with E-state index in [-0.39, 0.29) is 29.6 Å². The Hall–Kier alpha value is -0.908. The van der Waals surface area contributed by atoms with Crippen molar-refractivity contribution in [3.05, 3.63) is 0 Å². The van der Waals surface area contributed by atoms with Crippen LogP contribution < -0.4 is 34.7 Å². The maximum atomic E-state index is 11.2. The molecule has 168 valence electrons. The number of carboxylic acids is 1. The summed E-state index contributed by atoms with van der Waals surface area (Å²) in [7, 11) is 0.